The highest BCUT2D eigenvalue weighted by Crippen LogP contribution is 2.35. The van der Waals surface area contributed by atoms with Crippen LogP contribution in [0, 0.1) is 5.41 Å². The molecule has 0 aromatic heterocycles. The molecular weight excluding hydrogens is 236 g/mol. The third kappa shape index (κ3) is 3.35. The first-order chi connectivity index (χ1) is 9.07. The maximum Gasteiger partial charge on any atom is 0.0716 e. The van der Waals surface area contributed by atoms with Crippen LogP contribution < -0.4 is 5.73 Å². The predicted octanol–water partition coefficient (Wildman–Crippen LogP) is 2.56. The number of likely N-dealkylation sites (tertiary alicyclic amines) is 1. The quantitative estimate of drug-likeness (QED) is 0.886. The van der Waals surface area contributed by atoms with Gasteiger partial charge in [0.1, 0.15) is 0 Å². The van der Waals surface area contributed by atoms with E-state index in [9.17, 15) is 0 Å². The highest BCUT2D eigenvalue weighted by Gasteiger charge is 2.33. The summed E-state index contributed by atoms with van der Waals surface area (Å²) in [5.74, 6) is 0. The lowest BCUT2D eigenvalue weighted by Gasteiger charge is -2.30. The van der Waals surface area contributed by atoms with Crippen LogP contribution in [0.2, 0.25) is 0 Å². The van der Waals surface area contributed by atoms with E-state index in [4.69, 9.17) is 10.5 Å². The molecule has 2 rings (SSSR count). The molecule has 0 amide bonds. The summed E-state index contributed by atoms with van der Waals surface area (Å²) in [5.41, 5.74) is 9.04. The van der Waals surface area contributed by atoms with Gasteiger partial charge in [-0.2, -0.15) is 0 Å². The van der Waals surface area contributed by atoms with Gasteiger partial charge in [-0.05, 0) is 29.5 Å². The average molecular weight is 262 g/mol. The molecule has 0 saturated carbocycles. The first-order valence-electron chi connectivity index (χ1n) is 7.08. The van der Waals surface area contributed by atoms with Crippen LogP contribution in [0.15, 0.2) is 24.3 Å². The molecule has 3 nitrogen and oxygen atoms in total. The molecule has 1 atom stereocenters. The Bertz CT molecular complexity index is 417. The van der Waals surface area contributed by atoms with Gasteiger partial charge in [0.05, 0.1) is 6.61 Å². The molecule has 1 aliphatic rings. The zero-order valence-corrected chi connectivity index (χ0v) is 12.4. The maximum atomic E-state index is 6.06. The molecular formula is C16H26N2O. The summed E-state index contributed by atoms with van der Waals surface area (Å²) in [6, 6.07) is 8.81. The van der Waals surface area contributed by atoms with E-state index in [0.717, 1.165) is 13.1 Å². The third-order valence-electron chi connectivity index (χ3n) is 4.08. The lowest BCUT2D eigenvalue weighted by Crippen LogP contribution is -2.33. The lowest BCUT2D eigenvalue weighted by molar-refractivity contribution is 0.178. The van der Waals surface area contributed by atoms with E-state index < -0.39 is 0 Å². The SMILES string of the molecule is COCc1ccccc1C(CN)N1CCC(C)(C)C1. The molecule has 1 saturated heterocycles. The van der Waals surface area contributed by atoms with Gasteiger partial charge in [0.25, 0.3) is 0 Å². The summed E-state index contributed by atoms with van der Waals surface area (Å²) in [7, 11) is 1.74. The summed E-state index contributed by atoms with van der Waals surface area (Å²) in [4.78, 5) is 2.52. The molecule has 1 unspecified atom stereocenters. The van der Waals surface area contributed by atoms with E-state index in [-0.39, 0.29) is 0 Å². The molecule has 0 bridgehead atoms. The summed E-state index contributed by atoms with van der Waals surface area (Å²) < 4.78 is 5.31. The Balaban J connectivity index is 2.22. The largest absolute Gasteiger partial charge is 0.380 e. The minimum atomic E-state index is 0.313. The first kappa shape index (κ1) is 14.5. The van der Waals surface area contributed by atoms with Gasteiger partial charge in [-0.25, -0.2) is 0 Å². The molecule has 0 aliphatic carbocycles. The fraction of sp³-hybridized carbons (Fsp3) is 0.625. The summed E-state index contributed by atoms with van der Waals surface area (Å²) in [5, 5.41) is 0. The van der Waals surface area contributed by atoms with Crippen molar-refractivity contribution in [3.63, 3.8) is 0 Å². The molecule has 0 spiro atoms. The number of hydrogen-bond acceptors (Lipinski definition) is 3. The van der Waals surface area contributed by atoms with E-state index >= 15 is 0 Å². The van der Waals surface area contributed by atoms with Crippen molar-refractivity contribution in [2.75, 3.05) is 26.7 Å². The second kappa shape index (κ2) is 6.04. The Kier molecular flexibility index (Phi) is 4.61. The van der Waals surface area contributed by atoms with E-state index in [2.05, 4.69) is 43.0 Å². The van der Waals surface area contributed by atoms with Crippen LogP contribution in [0.4, 0.5) is 0 Å². The fourth-order valence-corrected chi connectivity index (χ4v) is 3.04. The highest BCUT2D eigenvalue weighted by atomic mass is 16.5. The maximum absolute atomic E-state index is 6.06. The molecule has 1 aromatic rings. The molecule has 2 N–H and O–H groups in total. The van der Waals surface area contributed by atoms with Crippen LogP contribution in [-0.4, -0.2) is 31.6 Å². The van der Waals surface area contributed by atoms with E-state index in [1.165, 1.54) is 17.5 Å². The Hall–Kier alpha value is -0.900. The van der Waals surface area contributed by atoms with Crippen molar-refractivity contribution in [3.05, 3.63) is 35.4 Å². The number of methoxy groups -OCH3 is 1. The summed E-state index contributed by atoms with van der Waals surface area (Å²) in [6.07, 6.45) is 1.25. The standard InChI is InChI=1S/C16H26N2O/c1-16(2)8-9-18(12-16)15(10-17)14-7-5-4-6-13(14)11-19-3/h4-7,15H,8-12,17H2,1-3H3. The van der Waals surface area contributed by atoms with Gasteiger partial charge in [-0.15, -0.1) is 0 Å². The van der Waals surface area contributed by atoms with Crippen molar-refractivity contribution in [1.29, 1.82) is 0 Å². The highest BCUT2D eigenvalue weighted by molar-refractivity contribution is 5.30. The van der Waals surface area contributed by atoms with E-state index in [1.807, 2.05) is 0 Å². The van der Waals surface area contributed by atoms with Gasteiger partial charge >= 0.3 is 0 Å². The molecule has 106 valence electrons. The van der Waals surface area contributed by atoms with Crippen LogP contribution in [0.3, 0.4) is 0 Å². The van der Waals surface area contributed by atoms with E-state index in [0.29, 0.717) is 24.6 Å². The molecule has 1 heterocycles. The topological polar surface area (TPSA) is 38.5 Å². The lowest BCUT2D eigenvalue weighted by atomic mass is 9.93. The Morgan fingerprint density at radius 1 is 1.37 bits per heavy atom. The zero-order chi connectivity index (χ0) is 13.9. The molecule has 1 aromatic carbocycles. The number of nitrogens with two attached hydrogens (primary N) is 1. The van der Waals surface area contributed by atoms with Gasteiger partial charge in [0.15, 0.2) is 0 Å². The van der Waals surface area contributed by atoms with Gasteiger partial charge < -0.3 is 10.5 Å². The Morgan fingerprint density at radius 2 is 2.11 bits per heavy atom. The molecule has 1 aliphatic heterocycles. The van der Waals surface area contributed by atoms with Gasteiger partial charge in [-0.3, -0.25) is 4.90 Å². The van der Waals surface area contributed by atoms with Crippen LogP contribution in [0.25, 0.3) is 0 Å². The number of hydrogen-bond donors (Lipinski definition) is 1. The molecule has 1 fully saturated rings. The second-order valence-corrected chi connectivity index (χ2v) is 6.27. The number of nitrogens with zero attached hydrogens (tertiary/aromatic N) is 1. The molecule has 3 heteroatoms. The van der Waals surface area contributed by atoms with Crippen LogP contribution in [0.5, 0.6) is 0 Å². The van der Waals surface area contributed by atoms with Crippen LogP contribution in [0.1, 0.15) is 37.4 Å². The molecule has 19 heavy (non-hydrogen) atoms. The van der Waals surface area contributed by atoms with Crippen molar-refractivity contribution < 1.29 is 4.74 Å². The summed E-state index contributed by atoms with van der Waals surface area (Å²) in [6.45, 7) is 8.25. The van der Waals surface area contributed by atoms with Crippen molar-refractivity contribution in [1.82, 2.24) is 4.90 Å². The monoisotopic (exact) mass is 262 g/mol. The van der Waals surface area contributed by atoms with Crippen molar-refractivity contribution in [2.24, 2.45) is 11.1 Å². The van der Waals surface area contributed by atoms with Crippen molar-refractivity contribution >= 4 is 0 Å². The van der Waals surface area contributed by atoms with Gasteiger partial charge in [0.2, 0.25) is 0 Å². The van der Waals surface area contributed by atoms with Crippen LogP contribution in [-0.2, 0) is 11.3 Å². The molecule has 0 radical (unpaired) electrons. The summed E-state index contributed by atoms with van der Waals surface area (Å²) >= 11 is 0. The normalized spacial score (nSPS) is 20.6. The minimum absolute atomic E-state index is 0.313. The minimum Gasteiger partial charge on any atom is -0.380 e. The third-order valence-corrected chi connectivity index (χ3v) is 4.08. The van der Waals surface area contributed by atoms with E-state index in [1.54, 1.807) is 7.11 Å². The fourth-order valence-electron chi connectivity index (χ4n) is 3.04. The van der Waals surface area contributed by atoms with Gasteiger partial charge in [-0.1, -0.05) is 38.1 Å². The first-order valence-corrected chi connectivity index (χ1v) is 7.08. The van der Waals surface area contributed by atoms with Crippen molar-refractivity contribution in [3.8, 4) is 0 Å². The number of benzene rings is 1. The number of ether oxygens (including phenoxy) is 1. The second-order valence-electron chi connectivity index (χ2n) is 6.27. The average Bonchev–Trinajstić information content (AvgIpc) is 2.73. The number of rotatable bonds is 5. The van der Waals surface area contributed by atoms with Crippen molar-refractivity contribution in [2.45, 2.75) is 32.9 Å². The van der Waals surface area contributed by atoms with Crippen LogP contribution >= 0.6 is 0 Å². The predicted molar refractivity (Wildman–Crippen MR) is 78.9 cm³/mol. The zero-order valence-electron chi connectivity index (χ0n) is 12.4. The smallest absolute Gasteiger partial charge is 0.0716 e. The van der Waals surface area contributed by atoms with Gasteiger partial charge in [0, 0.05) is 26.2 Å². The Labute approximate surface area is 116 Å². The Morgan fingerprint density at radius 3 is 2.68 bits per heavy atom.